The molecule has 2 N–H and O–H groups in total. The van der Waals surface area contributed by atoms with Crippen molar-refractivity contribution in [2.24, 2.45) is 0 Å². The van der Waals surface area contributed by atoms with E-state index in [0.717, 1.165) is 37.2 Å². The van der Waals surface area contributed by atoms with Gasteiger partial charge in [-0.3, -0.25) is 14.5 Å². The van der Waals surface area contributed by atoms with Crippen molar-refractivity contribution < 1.29 is 14.3 Å². The molecule has 1 saturated heterocycles. The van der Waals surface area contributed by atoms with Crippen LogP contribution in [0.1, 0.15) is 28.8 Å². The molecule has 0 unspecified atom stereocenters. The second-order valence-electron chi connectivity index (χ2n) is 7.13. The highest BCUT2D eigenvalue weighted by molar-refractivity contribution is 6.10. The van der Waals surface area contributed by atoms with Crippen LogP contribution < -0.4 is 10.6 Å². The number of para-hydroxylation sites is 1. The largest absolute Gasteiger partial charge is 0.381 e. The quantitative estimate of drug-likeness (QED) is 0.805. The van der Waals surface area contributed by atoms with Gasteiger partial charge in [-0.05, 0) is 49.6 Å². The van der Waals surface area contributed by atoms with Crippen molar-refractivity contribution in [2.75, 3.05) is 37.4 Å². The average molecular weight is 381 g/mol. The highest BCUT2D eigenvalue weighted by Gasteiger charge is 2.21. The Morgan fingerprint density at radius 1 is 1.07 bits per heavy atom. The van der Waals surface area contributed by atoms with Gasteiger partial charge in [-0.2, -0.15) is 0 Å². The normalized spacial score (nSPS) is 15.2. The van der Waals surface area contributed by atoms with Gasteiger partial charge in [-0.15, -0.1) is 0 Å². The molecule has 28 heavy (non-hydrogen) atoms. The van der Waals surface area contributed by atoms with Crippen molar-refractivity contribution in [3.63, 3.8) is 0 Å². The number of benzene rings is 2. The summed E-state index contributed by atoms with van der Waals surface area (Å²) in [5, 5.41) is 5.78. The number of rotatable bonds is 6. The molecule has 2 aromatic rings. The highest BCUT2D eigenvalue weighted by Crippen LogP contribution is 2.19. The molecular formula is C22H27N3O3. The predicted octanol–water partition coefficient (Wildman–Crippen LogP) is 3.30. The number of likely N-dealkylation sites (tertiary alicyclic amines) is 1. The van der Waals surface area contributed by atoms with Crippen LogP contribution in [-0.2, 0) is 9.53 Å². The number of anilines is 2. The Kier molecular flexibility index (Phi) is 6.79. The van der Waals surface area contributed by atoms with Crippen LogP contribution in [-0.4, -0.2) is 49.6 Å². The SMILES string of the molecule is COC1CCN(CC(=O)Nc2ccccc2C(=O)Nc2cccc(C)c2)CC1. The Morgan fingerprint density at radius 3 is 2.54 bits per heavy atom. The second kappa shape index (κ2) is 9.48. The van der Waals surface area contributed by atoms with Gasteiger partial charge in [-0.1, -0.05) is 24.3 Å². The van der Waals surface area contributed by atoms with Crippen LogP contribution in [0.5, 0.6) is 0 Å². The van der Waals surface area contributed by atoms with Crippen molar-refractivity contribution in [3.05, 3.63) is 59.7 Å². The lowest BCUT2D eigenvalue weighted by atomic mass is 10.1. The molecule has 2 aromatic carbocycles. The predicted molar refractivity (Wildman–Crippen MR) is 111 cm³/mol. The maximum atomic E-state index is 12.7. The summed E-state index contributed by atoms with van der Waals surface area (Å²) in [5.41, 5.74) is 2.75. The standard InChI is InChI=1S/C22H27N3O3/c1-16-6-5-7-17(14-16)23-22(27)19-8-3-4-9-20(19)24-21(26)15-25-12-10-18(28-2)11-13-25/h3-9,14,18H,10-13,15H2,1-2H3,(H,23,27)(H,24,26). The molecule has 0 atom stereocenters. The summed E-state index contributed by atoms with van der Waals surface area (Å²) >= 11 is 0. The zero-order chi connectivity index (χ0) is 19.9. The number of carbonyl (C=O) groups excluding carboxylic acids is 2. The number of amides is 2. The minimum absolute atomic E-state index is 0.119. The number of nitrogens with one attached hydrogen (secondary N) is 2. The molecule has 3 rings (SSSR count). The third-order valence-electron chi connectivity index (χ3n) is 4.96. The van der Waals surface area contributed by atoms with Gasteiger partial charge in [0.25, 0.3) is 5.91 Å². The molecule has 1 fully saturated rings. The number of methoxy groups -OCH3 is 1. The third kappa shape index (κ3) is 5.41. The molecule has 148 valence electrons. The van der Waals surface area contributed by atoms with Crippen LogP contribution in [0.4, 0.5) is 11.4 Å². The molecule has 1 aliphatic heterocycles. The second-order valence-corrected chi connectivity index (χ2v) is 7.13. The van der Waals surface area contributed by atoms with E-state index in [0.29, 0.717) is 17.8 Å². The van der Waals surface area contributed by atoms with E-state index in [1.807, 2.05) is 37.3 Å². The van der Waals surface area contributed by atoms with Crippen LogP contribution in [0.15, 0.2) is 48.5 Å². The number of piperidine rings is 1. The Morgan fingerprint density at radius 2 is 1.82 bits per heavy atom. The van der Waals surface area contributed by atoms with Crippen molar-refractivity contribution in [3.8, 4) is 0 Å². The van der Waals surface area contributed by atoms with E-state index in [2.05, 4.69) is 15.5 Å². The first-order chi connectivity index (χ1) is 13.5. The summed E-state index contributed by atoms with van der Waals surface area (Å²) in [4.78, 5) is 27.3. The molecule has 0 spiro atoms. The van der Waals surface area contributed by atoms with Crippen molar-refractivity contribution in [2.45, 2.75) is 25.9 Å². The van der Waals surface area contributed by atoms with E-state index in [1.54, 1.807) is 25.3 Å². The Hall–Kier alpha value is -2.70. The molecule has 0 radical (unpaired) electrons. The van der Waals surface area contributed by atoms with E-state index < -0.39 is 0 Å². The molecule has 0 saturated carbocycles. The van der Waals surface area contributed by atoms with Crippen molar-refractivity contribution >= 4 is 23.2 Å². The summed E-state index contributed by atoms with van der Waals surface area (Å²) in [6, 6.07) is 14.7. The van der Waals surface area contributed by atoms with Crippen LogP contribution >= 0.6 is 0 Å². The fourth-order valence-corrected chi connectivity index (χ4v) is 3.41. The number of hydrogen-bond acceptors (Lipinski definition) is 4. The zero-order valence-electron chi connectivity index (χ0n) is 16.4. The van der Waals surface area contributed by atoms with E-state index >= 15 is 0 Å². The van der Waals surface area contributed by atoms with Gasteiger partial charge in [0, 0.05) is 25.9 Å². The van der Waals surface area contributed by atoms with Gasteiger partial charge >= 0.3 is 0 Å². The van der Waals surface area contributed by atoms with Crippen LogP contribution in [0.25, 0.3) is 0 Å². The monoisotopic (exact) mass is 381 g/mol. The van der Waals surface area contributed by atoms with Crippen LogP contribution in [0, 0.1) is 6.92 Å². The summed E-state index contributed by atoms with van der Waals surface area (Å²) < 4.78 is 5.37. The molecule has 0 aromatic heterocycles. The van der Waals surface area contributed by atoms with Crippen LogP contribution in [0.3, 0.4) is 0 Å². The van der Waals surface area contributed by atoms with Crippen molar-refractivity contribution in [1.82, 2.24) is 4.90 Å². The first-order valence-electron chi connectivity index (χ1n) is 9.57. The smallest absolute Gasteiger partial charge is 0.257 e. The minimum Gasteiger partial charge on any atom is -0.381 e. The maximum absolute atomic E-state index is 12.7. The van der Waals surface area contributed by atoms with Gasteiger partial charge in [0.1, 0.15) is 0 Å². The van der Waals surface area contributed by atoms with Gasteiger partial charge < -0.3 is 15.4 Å². The van der Waals surface area contributed by atoms with Gasteiger partial charge in [0.05, 0.1) is 23.9 Å². The number of carbonyl (C=O) groups is 2. The molecule has 2 amide bonds. The molecule has 1 heterocycles. The number of hydrogen-bond donors (Lipinski definition) is 2. The number of nitrogens with zero attached hydrogens (tertiary/aromatic N) is 1. The van der Waals surface area contributed by atoms with E-state index in [9.17, 15) is 9.59 Å². The van der Waals surface area contributed by atoms with Crippen molar-refractivity contribution in [1.29, 1.82) is 0 Å². The summed E-state index contributed by atoms with van der Waals surface area (Å²) in [7, 11) is 1.73. The van der Waals surface area contributed by atoms with E-state index in [4.69, 9.17) is 4.74 Å². The molecule has 1 aliphatic rings. The van der Waals surface area contributed by atoms with Crippen LogP contribution in [0.2, 0.25) is 0 Å². The van der Waals surface area contributed by atoms with Gasteiger partial charge in [0.15, 0.2) is 0 Å². The Bertz CT molecular complexity index is 829. The van der Waals surface area contributed by atoms with Gasteiger partial charge in [0.2, 0.25) is 5.91 Å². The fourth-order valence-electron chi connectivity index (χ4n) is 3.41. The number of aryl methyl sites for hydroxylation is 1. The molecule has 0 bridgehead atoms. The first kappa shape index (κ1) is 20.0. The lowest BCUT2D eigenvalue weighted by Crippen LogP contribution is -2.41. The highest BCUT2D eigenvalue weighted by atomic mass is 16.5. The van der Waals surface area contributed by atoms with Gasteiger partial charge in [-0.25, -0.2) is 0 Å². The van der Waals surface area contributed by atoms with E-state index in [-0.39, 0.29) is 17.9 Å². The number of ether oxygens (including phenoxy) is 1. The zero-order valence-corrected chi connectivity index (χ0v) is 16.4. The molecular weight excluding hydrogens is 354 g/mol. The Balaban J connectivity index is 1.61. The molecule has 0 aliphatic carbocycles. The minimum atomic E-state index is -0.248. The van der Waals surface area contributed by atoms with E-state index in [1.165, 1.54) is 0 Å². The first-order valence-corrected chi connectivity index (χ1v) is 9.57. The third-order valence-corrected chi connectivity index (χ3v) is 4.96. The Labute approximate surface area is 165 Å². The lowest BCUT2D eigenvalue weighted by Gasteiger charge is -2.30. The lowest BCUT2D eigenvalue weighted by molar-refractivity contribution is -0.117. The average Bonchev–Trinajstić information content (AvgIpc) is 2.69. The maximum Gasteiger partial charge on any atom is 0.257 e. The topological polar surface area (TPSA) is 70.7 Å². The molecule has 6 nitrogen and oxygen atoms in total. The summed E-state index contributed by atoms with van der Waals surface area (Å²) in [5.74, 6) is -0.367. The summed E-state index contributed by atoms with van der Waals surface area (Å²) in [6.45, 7) is 3.95. The fraction of sp³-hybridized carbons (Fsp3) is 0.364. The summed E-state index contributed by atoms with van der Waals surface area (Å²) in [6.07, 6.45) is 2.14. The molecule has 6 heteroatoms.